The number of nitrogens with one attached hydrogen (secondary N) is 1. The fourth-order valence-electron chi connectivity index (χ4n) is 0.823. The van der Waals surface area contributed by atoms with E-state index >= 15 is 0 Å². The molecule has 0 aliphatic heterocycles. The number of phenolic OH excluding ortho intramolecular Hbond substituents is 1. The van der Waals surface area contributed by atoms with Gasteiger partial charge in [0.2, 0.25) is 5.91 Å². The van der Waals surface area contributed by atoms with E-state index in [1.165, 1.54) is 6.92 Å². The molecule has 1 aromatic carbocycles. The molecule has 2 N–H and O–H groups in total. The third kappa shape index (κ3) is 2.97. The molecule has 70 valence electrons. The van der Waals surface area contributed by atoms with Crippen molar-refractivity contribution in [3.63, 3.8) is 0 Å². The van der Waals surface area contributed by atoms with Crippen molar-refractivity contribution in [2.24, 2.45) is 0 Å². The van der Waals surface area contributed by atoms with Gasteiger partial charge in [0.25, 0.3) is 0 Å². The Morgan fingerprint density at radius 1 is 1.38 bits per heavy atom. The van der Waals surface area contributed by atoms with Gasteiger partial charge in [-0.25, -0.2) is 0 Å². The predicted molar refractivity (Wildman–Crippen MR) is 67.8 cm³/mol. The highest BCUT2D eigenvalue weighted by Gasteiger charge is 2.06. The first-order chi connectivity index (χ1) is 6.00. The molecule has 0 aliphatic carbocycles. The number of rotatable bonds is 1. The Balaban J connectivity index is 3.08. The monoisotopic (exact) mass is 403 g/mol. The summed E-state index contributed by atoms with van der Waals surface area (Å²) in [5.74, 6) is 0.0447. The summed E-state index contributed by atoms with van der Waals surface area (Å²) in [6, 6.07) is 3.35. The van der Waals surface area contributed by atoms with Gasteiger partial charge in [0, 0.05) is 16.6 Å². The standard InChI is InChI=1S/C8H7I2NO2/c1-4(12)11-7-3-8(13)6(10)2-5(7)9/h2-3,13H,1H3,(H,11,12). The molecule has 0 saturated carbocycles. The number of halogens is 2. The molecule has 1 aromatic rings. The molecule has 3 nitrogen and oxygen atoms in total. The van der Waals surface area contributed by atoms with E-state index in [9.17, 15) is 9.90 Å². The van der Waals surface area contributed by atoms with Crippen LogP contribution in [-0.2, 0) is 4.79 Å². The maximum atomic E-state index is 10.8. The number of benzene rings is 1. The lowest BCUT2D eigenvalue weighted by atomic mass is 10.3. The van der Waals surface area contributed by atoms with E-state index in [1.54, 1.807) is 6.07 Å². The number of anilines is 1. The van der Waals surface area contributed by atoms with Crippen LogP contribution in [0.5, 0.6) is 5.75 Å². The second kappa shape index (κ2) is 4.45. The van der Waals surface area contributed by atoms with Gasteiger partial charge in [0.05, 0.1) is 9.26 Å². The fraction of sp³-hybridized carbons (Fsp3) is 0.125. The van der Waals surface area contributed by atoms with Crippen LogP contribution in [0.2, 0.25) is 0 Å². The first-order valence-corrected chi connectivity index (χ1v) is 5.62. The lowest BCUT2D eigenvalue weighted by molar-refractivity contribution is -0.114. The minimum atomic E-state index is -0.140. The third-order valence-corrected chi connectivity index (χ3v) is 3.10. The van der Waals surface area contributed by atoms with Gasteiger partial charge in [-0.1, -0.05) is 0 Å². The number of phenols is 1. The third-order valence-electron chi connectivity index (χ3n) is 1.35. The van der Waals surface area contributed by atoms with Crippen molar-refractivity contribution >= 4 is 56.8 Å². The summed E-state index contributed by atoms with van der Waals surface area (Å²) in [6.45, 7) is 1.44. The average Bonchev–Trinajstić information content (AvgIpc) is 1.99. The normalized spacial score (nSPS) is 9.77. The Hall–Kier alpha value is -0.0500. The predicted octanol–water partition coefficient (Wildman–Crippen LogP) is 2.56. The number of carbonyl (C=O) groups is 1. The maximum Gasteiger partial charge on any atom is 0.221 e. The maximum absolute atomic E-state index is 10.8. The lowest BCUT2D eigenvalue weighted by Gasteiger charge is -2.06. The highest BCUT2D eigenvalue weighted by atomic mass is 127. The number of aromatic hydroxyl groups is 1. The van der Waals surface area contributed by atoms with Crippen molar-refractivity contribution in [3.05, 3.63) is 19.3 Å². The summed E-state index contributed by atoms with van der Waals surface area (Å²) in [5.41, 5.74) is 0.644. The van der Waals surface area contributed by atoms with Crippen molar-refractivity contribution in [1.82, 2.24) is 0 Å². The van der Waals surface area contributed by atoms with Crippen molar-refractivity contribution in [2.45, 2.75) is 6.92 Å². The molecule has 5 heteroatoms. The highest BCUT2D eigenvalue weighted by molar-refractivity contribution is 14.1. The van der Waals surface area contributed by atoms with Crippen LogP contribution in [0.25, 0.3) is 0 Å². The summed E-state index contributed by atoms with van der Waals surface area (Å²) in [7, 11) is 0. The van der Waals surface area contributed by atoms with Crippen LogP contribution in [0.15, 0.2) is 12.1 Å². The molecule has 0 aliphatic rings. The molecule has 0 atom stereocenters. The van der Waals surface area contributed by atoms with Crippen LogP contribution in [-0.4, -0.2) is 11.0 Å². The van der Waals surface area contributed by atoms with E-state index in [0.717, 1.165) is 7.14 Å². The molecular weight excluding hydrogens is 396 g/mol. The smallest absolute Gasteiger partial charge is 0.221 e. The fourth-order valence-corrected chi connectivity index (χ4v) is 2.49. The van der Waals surface area contributed by atoms with E-state index in [2.05, 4.69) is 27.9 Å². The van der Waals surface area contributed by atoms with Crippen LogP contribution >= 0.6 is 45.2 Å². The second-order valence-electron chi connectivity index (χ2n) is 2.46. The quantitative estimate of drug-likeness (QED) is 0.709. The van der Waals surface area contributed by atoms with Crippen LogP contribution in [0, 0.1) is 7.14 Å². The van der Waals surface area contributed by atoms with Gasteiger partial charge in [-0.15, -0.1) is 0 Å². The minimum absolute atomic E-state index is 0.140. The first-order valence-electron chi connectivity index (χ1n) is 3.46. The van der Waals surface area contributed by atoms with Gasteiger partial charge in [-0.3, -0.25) is 4.79 Å². The molecule has 13 heavy (non-hydrogen) atoms. The van der Waals surface area contributed by atoms with Gasteiger partial charge in [0.1, 0.15) is 5.75 Å². The molecule has 0 fully saturated rings. The number of amides is 1. The first kappa shape index (κ1) is 11.0. The van der Waals surface area contributed by atoms with Crippen molar-refractivity contribution in [2.75, 3.05) is 5.32 Å². The van der Waals surface area contributed by atoms with E-state index in [-0.39, 0.29) is 11.7 Å². The van der Waals surface area contributed by atoms with E-state index in [0.29, 0.717) is 5.69 Å². The largest absolute Gasteiger partial charge is 0.507 e. The number of hydrogen-bond donors (Lipinski definition) is 2. The van der Waals surface area contributed by atoms with E-state index in [1.807, 2.05) is 28.7 Å². The van der Waals surface area contributed by atoms with Gasteiger partial charge in [0.15, 0.2) is 0 Å². The zero-order valence-electron chi connectivity index (χ0n) is 6.77. The summed E-state index contributed by atoms with van der Waals surface area (Å²) in [4.78, 5) is 10.8. The zero-order valence-corrected chi connectivity index (χ0v) is 11.1. The van der Waals surface area contributed by atoms with E-state index in [4.69, 9.17) is 0 Å². The van der Waals surface area contributed by atoms with Gasteiger partial charge in [-0.2, -0.15) is 0 Å². The molecule has 0 radical (unpaired) electrons. The summed E-state index contributed by atoms with van der Waals surface area (Å²) >= 11 is 4.14. The Morgan fingerprint density at radius 2 is 2.00 bits per heavy atom. The molecule has 1 amide bonds. The van der Waals surface area contributed by atoms with Crippen LogP contribution in [0.3, 0.4) is 0 Å². The SMILES string of the molecule is CC(=O)Nc1cc(O)c(I)cc1I. The Labute approximate surface area is 103 Å². The minimum Gasteiger partial charge on any atom is -0.507 e. The molecular formula is C8H7I2NO2. The second-order valence-corrected chi connectivity index (χ2v) is 4.79. The molecule has 0 bridgehead atoms. The van der Waals surface area contributed by atoms with Crippen molar-refractivity contribution < 1.29 is 9.90 Å². The molecule has 0 aromatic heterocycles. The topological polar surface area (TPSA) is 49.3 Å². The van der Waals surface area contributed by atoms with Crippen molar-refractivity contribution in [1.29, 1.82) is 0 Å². The lowest BCUT2D eigenvalue weighted by Crippen LogP contribution is -2.07. The molecule has 0 unspecified atom stereocenters. The van der Waals surface area contributed by atoms with Gasteiger partial charge < -0.3 is 10.4 Å². The molecule has 0 spiro atoms. The summed E-state index contributed by atoms with van der Waals surface area (Å²) in [5, 5.41) is 12.0. The Bertz CT molecular complexity index is 352. The molecule has 0 heterocycles. The van der Waals surface area contributed by atoms with Gasteiger partial charge >= 0.3 is 0 Å². The Kier molecular flexibility index (Phi) is 3.77. The van der Waals surface area contributed by atoms with Crippen LogP contribution < -0.4 is 5.32 Å². The zero-order chi connectivity index (χ0) is 10.0. The number of hydrogen-bond acceptors (Lipinski definition) is 2. The summed E-state index contributed by atoms with van der Waals surface area (Å²) < 4.78 is 1.69. The molecule has 1 rings (SSSR count). The Morgan fingerprint density at radius 3 is 2.54 bits per heavy atom. The summed E-state index contributed by atoms with van der Waals surface area (Å²) in [6.07, 6.45) is 0. The van der Waals surface area contributed by atoms with E-state index < -0.39 is 0 Å². The van der Waals surface area contributed by atoms with Crippen molar-refractivity contribution in [3.8, 4) is 5.75 Å². The number of carbonyl (C=O) groups excluding carboxylic acids is 1. The van der Waals surface area contributed by atoms with Gasteiger partial charge in [-0.05, 0) is 51.2 Å². The average molecular weight is 403 g/mol. The van der Waals surface area contributed by atoms with Crippen LogP contribution in [0.1, 0.15) is 6.92 Å². The highest BCUT2D eigenvalue weighted by Crippen LogP contribution is 2.28. The van der Waals surface area contributed by atoms with Crippen LogP contribution in [0.4, 0.5) is 5.69 Å². The molecule has 0 saturated heterocycles.